The molecule has 1 aliphatic heterocycles. The highest BCUT2D eigenvalue weighted by molar-refractivity contribution is 9.10. The molecule has 0 unspecified atom stereocenters. The molecular formula is C19H26BrClFN5S. The smallest absolute Gasteiger partial charge is 0.190 e. The molecule has 0 N–H and O–H groups in total. The Balaban J connectivity index is 0.00000136. The Labute approximate surface area is 183 Å². The number of anilines is 1. The first kappa shape index (κ1) is 23.3. The number of aromatic nitrogens is 3. The largest absolute Gasteiger partial charge is 0.350 e. The van der Waals surface area contributed by atoms with Crippen LogP contribution in [0.1, 0.15) is 27.2 Å². The Kier molecular flexibility index (Phi) is 8.92. The first-order valence-electron chi connectivity index (χ1n) is 9.37. The molecule has 0 bridgehead atoms. The van der Waals surface area contributed by atoms with Gasteiger partial charge in [-0.25, -0.2) is 19.3 Å². The average Bonchev–Trinajstić information content (AvgIpc) is 2.68. The van der Waals surface area contributed by atoms with Crippen LogP contribution in [0.4, 0.5) is 10.2 Å². The van der Waals surface area contributed by atoms with E-state index >= 15 is 0 Å². The summed E-state index contributed by atoms with van der Waals surface area (Å²) in [7, 11) is 2.10. The normalized spacial score (nSPS) is 17.4. The van der Waals surface area contributed by atoms with E-state index in [1.165, 1.54) is 11.8 Å². The van der Waals surface area contributed by atoms with Crippen molar-refractivity contribution < 1.29 is 4.39 Å². The van der Waals surface area contributed by atoms with Crippen molar-refractivity contribution in [2.24, 2.45) is 0 Å². The molecule has 3 rings (SSSR count). The molecule has 0 spiro atoms. The summed E-state index contributed by atoms with van der Waals surface area (Å²) < 4.78 is 15.2. The van der Waals surface area contributed by atoms with Crippen LogP contribution in [0.3, 0.4) is 0 Å². The fraction of sp³-hybridized carbons (Fsp3) is 0.526. The summed E-state index contributed by atoms with van der Waals surface area (Å²) in [4.78, 5) is 17.7. The van der Waals surface area contributed by atoms with Crippen molar-refractivity contribution in [2.45, 2.75) is 38.4 Å². The third-order valence-corrected chi connectivity index (χ3v) is 5.88. The Morgan fingerprint density at radius 1 is 1.32 bits per heavy atom. The molecule has 1 aliphatic rings. The number of fused-ring (bicyclic) bond motifs is 1. The molecule has 5 nitrogen and oxygen atoms in total. The third-order valence-electron chi connectivity index (χ3n) is 4.33. The summed E-state index contributed by atoms with van der Waals surface area (Å²) >= 11 is 10.8. The van der Waals surface area contributed by atoms with E-state index in [0.29, 0.717) is 21.0 Å². The predicted molar refractivity (Wildman–Crippen MR) is 121 cm³/mol. The summed E-state index contributed by atoms with van der Waals surface area (Å²) in [5, 5.41) is 0.910. The van der Waals surface area contributed by atoms with Crippen LogP contribution in [0.5, 0.6) is 0 Å². The Morgan fingerprint density at radius 2 is 2.04 bits per heavy atom. The van der Waals surface area contributed by atoms with Gasteiger partial charge in [-0.3, -0.25) is 0 Å². The van der Waals surface area contributed by atoms with Crippen molar-refractivity contribution in [2.75, 3.05) is 37.3 Å². The summed E-state index contributed by atoms with van der Waals surface area (Å²) in [6, 6.07) is 0.203. The van der Waals surface area contributed by atoms with Crippen LogP contribution in [-0.2, 0) is 0 Å². The number of rotatable bonds is 5. The van der Waals surface area contributed by atoms with Gasteiger partial charge in [-0.1, -0.05) is 50.2 Å². The molecule has 0 saturated carbocycles. The van der Waals surface area contributed by atoms with Crippen molar-refractivity contribution in [3.8, 4) is 0 Å². The van der Waals surface area contributed by atoms with Crippen LogP contribution in [0, 0.1) is 5.82 Å². The molecule has 1 fully saturated rings. The van der Waals surface area contributed by atoms with Gasteiger partial charge in [0.05, 0.1) is 5.39 Å². The second-order valence-corrected chi connectivity index (χ2v) is 8.47. The van der Waals surface area contributed by atoms with Crippen LogP contribution >= 0.6 is 39.3 Å². The van der Waals surface area contributed by atoms with Crippen LogP contribution < -0.4 is 4.90 Å². The zero-order chi connectivity index (χ0) is 20.8. The first-order chi connectivity index (χ1) is 13.5. The molecule has 0 aromatic carbocycles. The fourth-order valence-corrected chi connectivity index (χ4v) is 4.54. The average molecular weight is 491 g/mol. The number of piperazine rings is 1. The molecule has 0 amide bonds. The van der Waals surface area contributed by atoms with E-state index in [-0.39, 0.29) is 16.7 Å². The number of hydrogen-bond donors (Lipinski definition) is 0. The second kappa shape index (κ2) is 10.7. The van der Waals surface area contributed by atoms with E-state index in [1.807, 2.05) is 26.8 Å². The zero-order valence-electron chi connectivity index (χ0n) is 16.7. The summed E-state index contributed by atoms with van der Waals surface area (Å²) in [5.41, 5.74) is 0.203. The first-order valence-corrected chi connectivity index (χ1v) is 11.5. The molecule has 2 aromatic rings. The van der Waals surface area contributed by atoms with Crippen molar-refractivity contribution in [1.29, 1.82) is 0 Å². The minimum Gasteiger partial charge on any atom is -0.350 e. The standard InChI is InChI=1S/C17H20BrClFN5S.C2H6/c1-4-6-10-9-24(3)7-8-25(10)16-11-13(21-17(23-16)26-5-2)12(20)15(19)22-14(11)18;1-2/h4,10H,1,5-9H2,2-3H3;1-2H3/t10-;/m1./s1. The molecule has 9 heteroatoms. The predicted octanol–water partition coefficient (Wildman–Crippen LogP) is 5.41. The molecule has 0 aliphatic carbocycles. The maximum Gasteiger partial charge on any atom is 0.190 e. The lowest BCUT2D eigenvalue weighted by atomic mass is 10.1. The number of likely N-dealkylation sites (N-methyl/N-ethyl adjacent to an activating group) is 1. The molecule has 0 radical (unpaired) electrons. The van der Waals surface area contributed by atoms with Gasteiger partial charge >= 0.3 is 0 Å². The molecular weight excluding hydrogens is 465 g/mol. The minimum atomic E-state index is -0.610. The zero-order valence-corrected chi connectivity index (χ0v) is 19.8. The lowest BCUT2D eigenvalue weighted by molar-refractivity contribution is 0.267. The number of thioether (sulfide) groups is 1. The molecule has 1 atom stereocenters. The Morgan fingerprint density at radius 3 is 2.68 bits per heavy atom. The van der Waals surface area contributed by atoms with Crippen molar-refractivity contribution in [1.82, 2.24) is 19.9 Å². The van der Waals surface area contributed by atoms with Crippen LogP contribution in [0.2, 0.25) is 5.15 Å². The van der Waals surface area contributed by atoms with Gasteiger partial charge in [0.15, 0.2) is 16.1 Å². The maximum atomic E-state index is 14.7. The SMILES string of the molecule is C=CC[C@@H]1CN(C)CCN1c1nc(SCC)nc2c(F)c(Cl)nc(Br)c12.CC. The van der Waals surface area contributed by atoms with E-state index in [1.54, 1.807) is 0 Å². The molecule has 3 heterocycles. The summed E-state index contributed by atoms with van der Waals surface area (Å²) in [5.74, 6) is 0.882. The number of pyridine rings is 1. The highest BCUT2D eigenvalue weighted by Crippen LogP contribution is 2.36. The maximum absolute atomic E-state index is 14.7. The van der Waals surface area contributed by atoms with E-state index in [2.05, 4.69) is 49.3 Å². The van der Waals surface area contributed by atoms with Crippen molar-refractivity contribution in [3.05, 3.63) is 28.2 Å². The van der Waals surface area contributed by atoms with E-state index in [4.69, 9.17) is 16.6 Å². The highest BCUT2D eigenvalue weighted by atomic mass is 79.9. The van der Waals surface area contributed by atoms with E-state index in [0.717, 1.165) is 31.8 Å². The number of nitrogens with zero attached hydrogens (tertiary/aromatic N) is 5. The monoisotopic (exact) mass is 489 g/mol. The highest BCUT2D eigenvalue weighted by Gasteiger charge is 2.29. The minimum absolute atomic E-state index is 0.192. The lowest BCUT2D eigenvalue weighted by Gasteiger charge is -2.41. The van der Waals surface area contributed by atoms with Gasteiger partial charge in [-0.15, -0.1) is 6.58 Å². The van der Waals surface area contributed by atoms with Gasteiger partial charge in [0.1, 0.15) is 15.9 Å². The quantitative estimate of drug-likeness (QED) is 0.241. The Hall–Kier alpha value is -0.960. The van der Waals surface area contributed by atoms with Gasteiger partial charge < -0.3 is 9.80 Å². The van der Waals surface area contributed by atoms with Gasteiger partial charge in [-0.05, 0) is 35.2 Å². The molecule has 1 saturated heterocycles. The van der Waals surface area contributed by atoms with Crippen molar-refractivity contribution >= 4 is 56.0 Å². The number of hydrogen-bond acceptors (Lipinski definition) is 6. The number of halogens is 3. The third kappa shape index (κ3) is 4.96. The Bertz CT molecular complexity index is 838. The van der Waals surface area contributed by atoms with Crippen molar-refractivity contribution in [3.63, 3.8) is 0 Å². The molecule has 154 valence electrons. The van der Waals surface area contributed by atoms with E-state index in [9.17, 15) is 4.39 Å². The summed E-state index contributed by atoms with van der Waals surface area (Å²) in [6.45, 7) is 12.5. The van der Waals surface area contributed by atoms with Crippen LogP contribution in [0.25, 0.3) is 10.9 Å². The summed E-state index contributed by atoms with van der Waals surface area (Å²) in [6.07, 6.45) is 2.72. The van der Waals surface area contributed by atoms with Gasteiger partial charge in [0.25, 0.3) is 0 Å². The lowest BCUT2D eigenvalue weighted by Crippen LogP contribution is -2.52. The molecule has 28 heavy (non-hydrogen) atoms. The fourth-order valence-electron chi connectivity index (χ4n) is 3.15. The van der Waals surface area contributed by atoms with Crippen LogP contribution in [-0.4, -0.2) is 58.3 Å². The second-order valence-electron chi connectivity index (χ2n) is 6.13. The topological polar surface area (TPSA) is 45.2 Å². The molecule has 2 aromatic heterocycles. The van der Waals surface area contributed by atoms with Gasteiger partial charge in [0.2, 0.25) is 0 Å². The van der Waals surface area contributed by atoms with E-state index < -0.39 is 5.82 Å². The van der Waals surface area contributed by atoms with Gasteiger partial charge in [-0.2, -0.15) is 0 Å². The van der Waals surface area contributed by atoms with Gasteiger partial charge in [0, 0.05) is 25.7 Å². The van der Waals surface area contributed by atoms with Crippen LogP contribution in [0.15, 0.2) is 22.4 Å².